The predicted molar refractivity (Wildman–Crippen MR) is 115 cm³/mol. The molecule has 2 aromatic heterocycles. The summed E-state index contributed by atoms with van der Waals surface area (Å²) >= 11 is 1.47. The van der Waals surface area contributed by atoms with Crippen LogP contribution in [0.15, 0.2) is 28.4 Å². The number of aromatic nitrogens is 2. The summed E-state index contributed by atoms with van der Waals surface area (Å²) in [6.45, 7) is 7.60. The molecule has 2 aliphatic heterocycles. The van der Waals surface area contributed by atoms with Crippen LogP contribution in [-0.4, -0.2) is 33.4 Å². The molecule has 2 N–H and O–H groups in total. The van der Waals surface area contributed by atoms with Crippen LogP contribution in [0.25, 0.3) is 0 Å². The van der Waals surface area contributed by atoms with Crippen molar-refractivity contribution >= 4 is 17.2 Å². The second kappa shape index (κ2) is 8.03. The zero-order valence-corrected chi connectivity index (χ0v) is 18.2. The smallest absolute Gasteiger partial charge is 0.273 e. The van der Waals surface area contributed by atoms with Gasteiger partial charge in [0.05, 0.1) is 6.04 Å². The maximum atomic E-state index is 13.2. The summed E-state index contributed by atoms with van der Waals surface area (Å²) in [6, 6.07) is 5.58. The van der Waals surface area contributed by atoms with Crippen LogP contribution in [0.2, 0.25) is 0 Å². The number of nitrogens with zero attached hydrogens (tertiary/aromatic N) is 3. The Balaban J connectivity index is 1.61. The molecule has 2 aliphatic rings. The molecule has 0 radical (unpaired) electrons. The number of amides is 1. The Kier molecular flexibility index (Phi) is 5.62. The number of carbonyl (C=O) groups is 1. The van der Waals surface area contributed by atoms with Gasteiger partial charge in [-0.05, 0) is 30.7 Å². The molecule has 7 heteroatoms. The SMILES string of the molecule is CCC[C@H]1[C@H]2C[C@H](CN(C(=O)c3csc([C@@H](N)C(C)C)n3)C2)c2cccc(=O)n21. The lowest BCUT2D eigenvalue weighted by Crippen LogP contribution is -2.51. The number of hydrogen-bond acceptors (Lipinski definition) is 5. The molecule has 2 aromatic rings. The largest absolute Gasteiger partial charge is 0.336 e. The van der Waals surface area contributed by atoms with Crippen LogP contribution in [0.4, 0.5) is 0 Å². The Hall–Kier alpha value is -1.99. The first kappa shape index (κ1) is 20.3. The van der Waals surface area contributed by atoms with E-state index in [9.17, 15) is 9.59 Å². The van der Waals surface area contributed by atoms with E-state index in [2.05, 4.69) is 31.8 Å². The summed E-state index contributed by atoms with van der Waals surface area (Å²) in [6.07, 6.45) is 3.02. The van der Waals surface area contributed by atoms with Gasteiger partial charge in [0.1, 0.15) is 10.7 Å². The molecule has 4 rings (SSSR count). The number of hydrogen-bond donors (Lipinski definition) is 1. The van der Waals surface area contributed by atoms with E-state index in [1.807, 2.05) is 20.9 Å². The second-order valence-electron chi connectivity index (χ2n) is 8.76. The molecule has 0 aliphatic carbocycles. The zero-order valence-electron chi connectivity index (χ0n) is 17.4. The molecule has 0 aromatic carbocycles. The van der Waals surface area contributed by atoms with Gasteiger partial charge in [-0.3, -0.25) is 9.59 Å². The van der Waals surface area contributed by atoms with Gasteiger partial charge >= 0.3 is 0 Å². The normalized spacial score (nSPS) is 24.4. The highest BCUT2D eigenvalue weighted by molar-refractivity contribution is 7.09. The summed E-state index contributed by atoms with van der Waals surface area (Å²) < 4.78 is 2.01. The van der Waals surface area contributed by atoms with E-state index in [0.29, 0.717) is 24.7 Å². The van der Waals surface area contributed by atoms with Crippen LogP contribution in [-0.2, 0) is 0 Å². The first-order valence-electron chi connectivity index (χ1n) is 10.6. The van der Waals surface area contributed by atoms with E-state index >= 15 is 0 Å². The van der Waals surface area contributed by atoms with Gasteiger partial charge in [0.25, 0.3) is 11.5 Å². The maximum Gasteiger partial charge on any atom is 0.273 e. The van der Waals surface area contributed by atoms with Crippen LogP contribution in [0.3, 0.4) is 0 Å². The van der Waals surface area contributed by atoms with E-state index < -0.39 is 0 Å². The first-order valence-corrected chi connectivity index (χ1v) is 11.5. The standard InChI is InChI=1S/C22H30N4O2S/c1-4-6-17-14-9-15(18-7-5-8-19(27)26(17)18)11-25(10-14)22(28)16-12-29-21(24-16)20(23)13(2)3/h5,7-8,12-15,17,20H,4,6,9-11,23H2,1-3H3/t14-,15+,17-,20-/m0/s1. The van der Waals surface area contributed by atoms with Crippen molar-refractivity contribution in [2.75, 3.05) is 13.1 Å². The quantitative estimate of drug-likeness (QED) is 0.811. The number of rotatable bonds is 5. The minimum Gasteiger partial charge on any atom is -0.336 e. The number of carbonyl (C=O) groups excluding carboxylic acids is 1. The van der Waals surface area contributed by atoms with Crippen molar-refractivity contribution in [1.29, 1.82) is 0 Å². The second-order valence-corrected chi connectivity index (χ2v) is 9.65. The maximum absolute atomic E-state index is 13.2. The Morgan fingerprint density at radius 1 is 1.34 bits per heavy atom. The molecule has 4 heterocycles. The lowest BCUT2D eigenvalue weighted by atomic mass is 9.77. The van der Waals surface area contributed by atoms with E-state index in [1.54, 1.807) is 6.07 Å². The lowest BCUT2D eigenvalue weighted by Gasteiger charge is -2.47. The molecule has 4 atom stereocenters. The molecule has 6 nitrogen and oxygen atoms in total. The van der Waals surface area contributed by atoms with Gasteiger partial charge < -0.3 is 15.2 Å². The molecule has 1 amide bonds. The molecule has 2 bridgehead atoms. The lowest BCUT2D eigenvalue weighted by molar-refractivity contribution is 0.0514. The van der Waals surface area contributed by atoms with Gasteiger partial charge in [-0.1, -0.05) is 33.3 Å². The summed E-state index contributed by atoms with van der Waals surface area (Å²) in [4.78, 5) is 32.3. The van der Waals surface area contributed by atoms with Crippen molar-refractivity contribution in [3.8, 4) is 0 Å². The van der Waals surface area contributed by atoms with Gasteiger partial charge in [-0.15, -0.1) is 11.3 Å². The van der Waals surface area contributed by atoms with E-state index in [-0.39, 0.29) is 35.4 Å². The van der Waals surface area contributed by atoms with Crippen molar-refractivity contribution < 1.29 is 4.79 Å². The highest BCUT2D eigenvalue weighted by Crippen LogP contribution is 2.43. The third kappa shape index (κ3) is 3.66. The van der Waals surface area contributed by atoms with Gasteiger partial charge in [-0.25, -0.2) is 4.98 Å². The molecular formula is C22H30N4O2S. The third-order valence-electron chi connectivity index (χ3n) is 6.41. The number of fused-ring (bicyclic) bond motifs is 4. The van der Waals surface area contributed by atoms with Crippen molar-refractivity contribution in [3.05, 3.63) is 50.3 Å². The molecule has 1 fully saturated rings. The van der Waals surface area contributed by atoms with E-state index in [1.165, 1.54) is 11.3 Å². The average molecular weight is 415 g/mol. The van der Waals surface area contributed by atoms with Crippen LogP contribution >= 0.6 is 11.3 Å². The fourth-order valence-corrected chi connectivity index (χ4v) is 5.83. The van der Waals surface area contributed by atoms with Gasteiger partial charge in [0.15, 0.2) is 0 Å². The Morgan fingerprint density at radius 2 is 2.14 bits per heavy atom. The third-order valence-corrected chi connectivity index (χ3v) is 7.36. The highest BCUT2D eigenvalue weighted by atomic mass is 32.1. The average Bonchev–Trinajstić information content (AvgIpc) is 3.20. The molecular weight excluding hydrogens is 384 g/mol. The Bertz CT molecular complexity index is 950. The first-order chi connectivity index (χ1) is 13.9. The van der Waals surface area contributed by atoms with Crippen molar-refractivity contribution in [2.45, 2.75) is 58.0 Å². The zero-order chi connectivity index (χ0) is 20.7. The molecule has 0 saturated carbocycles. The summed E-state index contributed by atoms with van der Waals surface area (Å²) in [5.74, 6) is 0.778. The predicted octanol–water partition coefficient (Wildman–Crippen LogP) is 3.56. The monoisotopic (exact) mass is 414 g/mol. The number of pyridine rings is 1. The highest BCUT2D eigenvalue weighted by Gasteiger charge is 2.41. The molecule has 156 valence electrons. The fourth-order valence-electron chi connectivity index (χ4n) is 4.86. The Morgan fingerprint density at radius 3 is 2.86 bits per heavy atom. The minimum absolute atomic E-state index is 0.0138. The summed E-state index contributed by atoms with van der Waals surface area (Å²) in [5, 5.41) is 2.66. The molecule has 29 heavy (non-hydrogen) atoms. The molecule has 1 saturated heterocycles. The van der Waals surface area contributed by atoms with Crippen LogP contribution < -0.4 is 11.3 Å². The van der Waals surface area contributed by atoms with Crippen molar-refractivity contribution in [2.24, 2.45) is 17.6 Å². The number of thiazole rings is 1. The van der Waals surface area contributed by atoms with Crippen LogP contribution in [0.1, 0.15) is 79.2 Å². The molecule has 0 spiro atoms. The minimum atomic E-state index is -0.144. The van der Waals surface area contributed by atoms with Crippen molar-refractivity contribution in [1.82, 2.24) is 14.5 Å². The van der Waals surface area contributed by atoms with Crippen molar-refractivity contribution in [3.63, 3.8) is 0 Å². The number of likely N-dealkylation sites (tertiary alicyclic amines) is 1. The van der Waals surface area contributed by atoms with Gasteiger partial charge in [0.2, 0.25) is 0 Å². The molecule has 0 unspecified atom stereocenters. The van der Waals surface area contributed by atoms with E-state index in [4.69, 9.17) is 5.73 Å². The number of piperidine rings is 1. The van der Waals surface area contributed by atoms with Crippen LogP contribution in [0.5, 0.6) is 0 Å². The summed E-state index contributed by atoms with van der Waals surface area (Å²) in [7, 11) is 0. The Labute approximate surface area is 175 Å². The van der Waals surface area contributed by atoms with Crippen LogP contribution in [0, 0.1) is 11.8 Å². The fraction of sp³-hybridized carbons (Fsp3) is 0.591. The van der Waals surface area contributed by atoms with Gasteiger partial charge in [0, 0.05) is 42.2 Å². The van der Waals surface area contributed by atoms with Gasteiger partial charge in [-0.2, -0.15) is 0 Å². The topological polar surface area (TPSA) is 81.2 Å². The number of nitrogens with two attached hydrogens (primary N) is 1. The summed E-state index contributed by atoms with van der Waals surface area (Å²) in [5.41, 5.74) is 7.87. The van der Waals surface area contributed by atoms with E-state index in [0.717, 1.165) is 30.0 Å².